The number of hydrogen-bond donors (Lipinski definition) is 1. The average molecular weight is 312 g/mol. The summed E-state index contributed by atoms with van der Waals surface area (Å²) in [4.78, 5) is 18.9. The van der Waals surface area contributed by atoms with Gasteiger partial charge >= 0.3 is 0 Å². The lowest BCUT2D eigenvalue weighted by atomic mass is 9.99. The fourth-order valence-corrected chi connectivity index (χ4v) is 3.54. The Morgan fingerprint density at radius 2 is 1.96 bits per heavy atom. The van der Waals surface area contributed by atoms with Crippen LogP contribution in [0.2, 0.25) is 0 Å². The van der Waals surface area contributed by atoms with Crippen LogP contribution < -0.4 is 0 Å². The van der Waals surface area contributed by atoms with Crippen molar-refractivity contribution in [3.05, 3.63) is 41.8 Å². The second-order valence-electron chi connectivity index (χ2n) is 6.47. The summed E-state index contributed by atoms with van der Waals surface area (Å²) in [6.45, 7) is 1.00. The third kappa shape index (κ3) is 2.55. The molecule has 0 spiro atoms. The summed E-state index contributed by atoms with van der Waals surface area (Å²) in [7, 11) is 0. The van der Waals surface area contributed by atoms with Crippen LogP contribution in [0.25, 0.3) is 11.5 Å². The third-order valence-electron chi connectivity index (χ3n) is 4.86. The molecule has 120 valence electrons. The van der Waals surface area contributed by atoms with E-state index in [0.29, 0.717) is 38.2 Å². The van der Waals surface area contributed by atoms with Gasteiger partial charge in [-0.3, -0.25) is 4.79 Å². The highest BCUT2D eigenvalue weighted by Gasteiger charge is 2.42. The first kappa shape index (κ1) is 14.5. The number of nitrogens with zero attached hydrogens (tertiary/aromatic N) is 2. The second kappa shape index (κ2) is 5.49. The Hall–Kier alpha value is -2.14. The minimum atomic E-state index is -1.16. The number of benzene rings is 1. The molecule has 2 aromatic rings. The maximum atomic E-state index is 12.6. The number of aromatic nitrogens is 1. The quantitative estimate of drug-likeness (QED) is 0.925. The standard InChI is InChI=1S/C18H20N2O3/c21-17(18(22)9-4-5-10-18)20-11-8-15-14(12-20)19-16(23-15)13-6-2-1-3-7-13/h1-3,6-7,22H,4-5,8-12H2. The van der Waals surface area contributed by atoms with Crippen LogP contribution in [0.15, 0.2) is 34.7 Å². The smallest absolute Gasteiger partial charge is 0.254 e. The number of amides is 1. The van der Waals surface area contributed by atoms with Gasteiger partial charge in [-0.15, -0.1) is 0 Å². The first-order valence-corrected chi connectivity index (χ1v) is 8.21. The van der Waals surface area contributed by atoms with Crippen molar-refractivity contribution in [2.24, 2.45) is 0 Å². The predicted octanol–water partition coefficient (Wildman–Crippen LogP) is 2.53. The molecule has 1 N–H and O–H groups in total. The summed E-state index contributed by atoms with van der Waals surface area (Å²) in [6, 6.07) is 9.77. The van der Waals surface area contributed by atoms with E-state index in [2.05, 4.69) is 4.98 Å². The lowest BCUT2D eigenvalue weighted by Gasteiger charge is -2.32. The van der Waals surface area contributed by atoms with E-state index < -0.39 is 5.60 Å². The van der Waals surface area contributed by atoms with Gasteiger partial charge in [0.15, 0.2) is 0 Å². The number of carbonyl (C=O) groups is 1. The van der Waals surface area contributed by atoms with Gasteiger partial charge in [-0.1, -0.05) is 18.2 Å². The number of hydrogen-bond acceptors (Lipinski definition) is 4. The molecule has 5 nitrogen and oxygen atoms in total. The molecule has 0 unspecified atom stereocenters. The van der Waals surface area contributed by atoms with Crippen LogP contribution in [0.4, 0.5) is 0 Å². The Bertz CT molecular complexity index is 717. The van der Waals surface area contributed by atoms with Crippen molar-refractivity contribution in [1.82, 2.24) is 9.88 Å². The minimum absolute atomic E-state index is 0.148. The summed E-state index contributed by atoms with van der Waals surface area (Å²) < 4.78 is 5.86. The largest absolute Gasteiger partial charge is 0.441 e. The lowest BCUT2D eigenvalue weighted by Crippen LogP contribution is -2.49. The van der Waals surface area contributed by atoms with Crippen molar-refractivity contribution in [3.63, 3.8) is 0 Å². The highest BCUT2D eigenvalue weighted by molar-refractivity contribution is 5.85. The first-order valence-electron chi connectivity index (χ1n) is 8.21. The van der Waals surface area contributed by atoms with E-state index in [1.54, 1.807) is 4.90 Å². The predicted molar refractivity (Wildman–Crippen MR) is 84.5 cm³/mol. The second-order valence-corrected chi connectivity index (χ2v) is 6.47. The van der Waals surface area contributed by atoms with Crippen molar-refractivity contribution in [2.45, 2.75) is 44.2 Å². The van der Waals surface area contributed by atoms with Crippen molar-refractivity contribution < 1.29 is 14.3 Å². The van der Waals surface area contributed by atoms with Crippen LogP contribution >= 0.6 is 0 Å². The van der Waals surface area contributed by atoms with Gasteiger partial charge in [-0.05, 0) is 37.8 Å². The van der Waals surface area contributed by atoms with Gasteiger partial charge in [0.1, 0.15) is 17.1 Å². The Morgan fingerprint density at radius 3 is 2.70 bits per heavy atom. The summed E-state index contributed by atoms with van der Waals surface area (Å²) in [6.07, 6.45) is 3.64. The summed E-state index contributed by atoms with van der Waals surface area (Å²) >= 11 is 0. The molecule has 2 heterocycles. The Labute approximate surface area is 134 Å². The number of rotatable bonds is 2. The fraction of sp³-hybridized carbons (Fsp3) is 0.444. The average Bonchev–Trinajstić information content (AvgIpc) is 3.21. The molecule has 4 rings (SSSR count). The zero-order chi connectivity index (χ0) is 15.9. The molecule has 5 heteroatoms. The fourth-order valence-electron chi connectivity index (χ4n) is 3.54. The highest BCUT2D eigenvalue weighted by Crippen LogP contribution is 2.33. The first-order chi connectivity index (χ1) is 11.2. The van der Waals surface area contributed by atoms with Gasteiger partial charge < -0.3 is 14.4 Å². The molecule has 0 radical (unpaired) electrons. The molecule has 1 aromatic carbocycles. The van der Waals surface area contributed by atoms with Crippen LogP contribution in [-0.4, -0.2) is 33.0 Å². The molecule has 0 saturated heterocycles. The zero-order valence-corrected chi connectivity index (χ0v) is 13.0. The maximum absolute atomic E-state index is 12.6. The number of carbonyl (C=O) groups excluding carboxylic acids is 1. The van der Waals surface area contributed by atoms with E-state index in [0.717, 1.165) is 29.9 Å². The minimum Gasteiger partial charge on any atom is -0.441 e. The van der Waals surface area contributed by atoms with Crippen molar-refractivity contribution >= 4 is 5.91 Å². The van der Waals surface area contributed by atoms with E-state index in [1.165, 1.54) is 0 Å². The Balaban J connectivity index is 1.56. The molecule has 1 aliphatic carbocycles. The van der Waals surface area contributed by atoms with E-state index in [4.69, 9.17) is 4.42 Å². The molecule has 1 saturated carbocycles. The summed E-state index contributed by atoms with van der Waals surface area (Å²) in [5, 5.41) is 10.5. The van der Waals surface area contributed by atoms with Gasteiger partial charge in [0.05, 0.1) is 6.54 Å². The van der Waals surface area contributed by atoms with E-state index in [1.807, 2.05) is 30.3 Å². The molecule has 1 fully saturated rings. The SMILES string of the molecule is O=C(N1CCc2oc(-c3ccccc3)nc2C1)C1(O)CCCC1. The molecule has 1 aromatic heterocycles. The Morgan fingerprint density at radius 1 is 1.22 bits per heavy atom. The number of fused-ring (bicyclic) bond motifs is 1. The van der Waals surface area contributed by atoms with Crippen LogP contribution in [0, 0.1) is 0 Å². The summed E-state index contributed by atoms with van der Waals surface area (Å²) in [5.41, 5.74) is 0.586. The Kier molecular flexibility index (Phi) is 3.45. The van der Waals surface area contributed by atoms with Crippen LogP contribution in [0.3, 0.4) is 0 Å². The van der Waals surface area contributed by atoms with E-state index >= 15 is 0 Å². The molecule has 0 atom stereocenters. The monoisotopic (exact) mass is 312 g/mol. The number of oxazole rings is 1. The van der Waals surface area contributed by atoms with Crippen LogP contribution in [0.5, 0.6) is 0 Å². The van der Waals surface area contributed by atoms with Gasteiger partial charge in [-0.25, -0.2) is 4.98 Å². The molecular formula is C18H20N2O3. The van der Waals surface area contributed by atoms with Gasteiger partial charge in [0, 0.05) is 18.5 Å². The van der Waals surface area contributed by atoms with Crippen LogP contribution in [-0.2, 0) is 17.8 Å². The van der Waals surface area contributed by atoms with Crippen molar-refractivity contribution in [1.29, 1.82) is 0 Å². The van der Waals surface area contributed by atoms with Crippen LogP contribution in [0.1, 0.15) is 37.1 Å². The summed E-state index contributed by atoms with van der Waals surface area (Å²) in [5.74, 6) is 1.31. The molecule has 1 amide bonds. The van der Waals surface area contributed by atoms with Gasteiger partial charge in [0.2, 0.25) is 5.89 Å². The molecule has 23 heavy (non-hydrogen) atoms. The number of aliphatic hydroxyl groups is 1. The molecule has 1 aliphatic heterocycles. The van der Waals surface area contributed by atoms with E-state index in [9.17, 15) is 9.90 Å². The topological polar surface area (TPSA) is 66.6 Å². The zero-order valence-electron chi connectivity index (χ0n) is 13.0. The lowest BCUT2D eigenvalue weighted by molar-refractivity contribution is -0.151. The normalized spacial score (nSPS) is 19.6. The highest BCUT2D eigenvalue weighted by atomic mass is 16.4. The van der Waals surface area contributed by atoms with E-state index in [-0.39, 0.29) is 5.91 Å². The van der Waals surface area contributed by atoms with Crippen molar-refractivity contribution in [3.8, 4) is 11.5 Å². The maximum Gasteiger partial charge on any atom is 0.254 e. The molecule has 0 bridgehead atoms. The van der Waals surface area contributed by atoms with Gasteiger partial charge in [-0.2, -0.15) is 0 Å². The van der Waals surface area contributed by atoms with Crippen molar-refractivity contribution in [2.75, 3.05) is 6.54 Å². The molecule has 2 aliphatic rings. The third-order valence-corrected chi connectivity index (χ3v) is 4.86. The van der Waals surface area contributed by atoms with Gasteiger partial charge in [0.25, 0.3) is 5.91 Å². The molecular weight excluding hydrogens is 292 g/mol.